The van der Waals surface area contributed by atoms with Gasteiger partial charge in [-0.15, -0.1) is 0 Å². The van der Waals surface area contributed by atoms with Crippen molar-refractivity contribution in [2.45, 2.75) is 45.1 Å². The van der Waals surface area contributed by atoms with Crippen LogP contribution in [-0.4, -0.2) is 72.3 Å². The average Bonchev–Trinajstić information content (AvgIpc) is 3.53. The lowest BCUT2D eigenvalue weighted by molar-refractivity contribution is -0.134. The number of nitrogens with zero attached hydrogens (tertiary/aromatic N) is 5. The second-order valence-corrected chi connectivity index (χ2v) is 7.86. The maximum Gasteiger partial charge on any atom is 0.328 e. The van der Waals surface area contributed by atoms with Crippen LogP contribution in [0.25, 0.3) is 11.0 Å². The minimum absolute atomic E-state index is 0.0808. The van der Waals surface area contributed by atoms with Crippen LogP contribution < -0.4 is 5.32 Å². The molecule has 2 aromatic rings. The molecule has 11 heteroatoms. The quantitative estimate of drug-likeness (QED) is 0.543. The van der Waals surface area contributed by atoms with Crippen LogP contribution in [0.4, 0.5) is 5.82 Å². The van der Waals surface area contributed by atoms with Gasteiger partial charge >= 0.3 is 11.9 Å². The molecule has 1 saturated heterocycles. The Kier molecular flexibility index (Phi) is 8.26. The number of carbonyl (C=O) groups is 3. The van der Waals surface area contributed by atoms with E-state index in [0.29, 0.717) is 18.0 Å². The van der Waals surface area contributed by atoms with Crippen molar-refractivity contribution >= 4 is 34.7 Å². The van der Waals surface area contributed by atoms with Gasteiger partial charge in [0.05, 0.1) is 18.1 Å². The van der Waals surface area contributed by atoms with Gasteiger partial charge in [-0.25, -0.2) is 24.2 Å². The molecular formula is C21H28N6O5. The van der Waals surface area contributed by atoms with Crippen molar-refractivity contribution in [3.63, 3.8) is 0 Å². The third kappa shape index (κ3) is 6.58. The fourth-order valence-electron chi connectivity index (χ4n) is 3.95. The summed E-state index contributed by atoms with van der Waals surface area (Å²) in [6.45, 7) is 4.16. The molecule has 0 aromatic carbocycles. The standard InChI is InChI=1S/C17H24N6O.C4H4O4/c24-17(13-5-1-2-6-13)21-15-14-11-20-23(16(14)19-12-18-15)10-9-22-7-3-4-8-22;5-3(6)1-2-4(7)8/h11-13H,1-10H2,(H,18,19,21,24);1-2H,(H,5,6)(H,7,8)/b;2-1-. The van der Waals surface area contributed by atoms with E-state index in [0.717, 1.165) is 49.8 Å². The first-order valence-electron chi connectivity index (χ1n) is 10.8. The molecule has 0 bridgehead atoms. The van der Waals surface area contributed by atoms with Crippen LogP contribution in [0.3, 0.4) is 0 Å². The number of amides is 1. The van der Waals surface area contributed by atoms with Gasteiger partial charge in [0.2, 0.25) is 5.91 Å². The molecule has 1 amide bonds. The number of fused-ring (bicyclic) bond motifs is 1. The van der Waals surface area contributed by atoms with Crippen molar-refractivity contribution in [2.75, 3.05) is 25.0 Å². The predicted molar refractivity (Wildman–Crippen MR) is 116 cm³/mol. The number of hydrogen-bond acceptors (Lipinski definition) is 7. The zero-order chi connectivity index (χ0) is 22.9. The van der Waals surface area contributed by atoms with Gasteiger partial charge in [-0.05, 0) is 38.8 Å². The van der Waals surface area contributed by atoms with Crippen LogP contribution >= 0.6 is 0 Å². The Morgan fingerprint density at radius 2 is 1.66 bits per heavy atom. The Hall–Kier alpha value is -3.34. The van der Waals surface area contributed by atoms with Crippen molar-refractivity contribution < 1.29 is 24.6 Å². The maximum atomic E-state index is 12.4. The number of aliphatic carboxylic acids is 2. The highest BCUT2D eigenvalue weighted by atomic mass is 16.4. The van der Waals surface area contributed by atoms with Gasteiger partial charge < -0.3 is 20.4 Å². The highest BCUT2D eigenvalue weighted by Crippen LogP contribution is 2.27. The molecule has 2 aromatic heterocycles. The first-order valence-corrected chi connectivity index (χ1v) is 10.8. The van der Waals surface area contributed by atoms with Gasteiger partial charge in [0, 0.05) is 24.6 Å². The molecule has 0 radical (unpaired) electrons. The van der Waals surface area contributed by atoms with E-state index in [1.54, 1.807) is 6.20 Å². The summed E-state index contributed by atoms with van der Waals surface area (Å²) < 4.78 is 1.92. The Labute approximate surface area is 185 Å². The van der Waals surface area contributed by atoms with E-state index in [4.69, 9.17) is 10.2 Å². The summed E-state index contributed by atoms with van der Waals surface area (Å²) in [5.41, 5.74) is 0.797. The van der Waals surface area contributed by atoms with Gasteiger partial charge in [-0.1, -0.05) is 12.8 Å². The summed E-state index contributed by atoms with van der Waals surface area (Å²) in [6, 6.07) is 0. The average molecular weight is 444 g/mol. The van der Waals surface area contributed by atoms with Crippen molar-refractivity contribution in [1.82, 2.24) is 24.6 Å². The highest BCUT2D eigenvalue weighted by Gasteiger charge is 2.24. The second-order valence-electron chi connectivity index (χ2n) is 7.86. The van der Waals surface area contributed by atoms with Crippen LogP contribution in [0.2, 0.25) is 0 Å². The number of nitrogens with one attached hydrogen (secondary N) is 1. The molecule has 32 heavy (non-hydrogen) atoms. The van der Waals surface area contributed by atoms with Crippen molar-refractivity contribution in [3.8, 4) is 0 Å². The molecule has 1 saturated carbocycles. The lowest BCUT2D eigenvalue weighted by atomic mass is 10.1. The fourth-order valence-corrected chi connectivity index (χ4v) is 3.95. The van der Waals surface area contributed by atoms with E-state index in [2.05, 4.69) is 25.3 Å². The monoisotopic (exact) mass is 444 g/mol. The summed E-state index contributed by atoms with van der Waals surface area (Å²) in [5.74, 6) is -1.72. The summed E-state index contributed by atoms with van der Waals surface area (Å²) >= 11 is 0. The number of rotatable bonds is 7. The number of anilines is 1. The Balaban J connectivity index is 0.000000312. The Morgan fingerprint density at radius 3 is 2.28 bits per heavy atom. The van der Waals surface area contributed by atoms with Gasteiger partial charge in [-0.3, -0.25) is 4.79 Å². The van der Waals surface area contributed by atoms with Gasteiger partial charge in [-0.2, -0.15) is 5.10 Å². The summed E-state index contributed by atoms with van der Waals surface area (Å²) in [6.07, 6.45) is 11.2. The SMILES string of the molecule is O=C(Nc1ncnc2c1cnn2CCN1CCCC1)C1CCCC1.O=C(O)/C=C\C(=O)O. The minimum atomic E-state index is -1.26. The molecule has 0 unspecified atom stereocenters. The smallest absolute Gasteiger partial charge is 0.328 e. The van der Waals surface area contributed by atoms with Crippen LogP contribution in [0.1, 0.15) is 38.5 Å². The fraction of sp³-hybridized carbons (Fsp3) is 0.524. The predicted octanol–water partition coefficient (Wildman–Crippen LogP) is 1.76. The van der Waals surface area contributed by atoms with Gasteiger partial charge in [0.15, 0.2) is 5.65 Å². The molecule has 0 spiro atoms. The molecule has 3 heterocycles. The molecule has 172 valence electrons. The molecule has 0 atom stereocenters. The van der Waals surface area contributed by atoms with Crippen LogP contribution in [0, 0.1) is 5.92 Å². The van der Waals surface area contributed by atoms with Crippen molar-refractivity contribution in [3.05, 3.63) is 24.7 Å². The number of carbonyl (C=O) groups excluding carboxylic acids is 1. The normalized spacial score (nSPS) is 16.9. The van der Waals surface area contributed by atoms with E-state index < -0.39 is 11.9 Å². The van der Waals surface area contributed by atoms with Gasteiger partial charge in [0.1, 0.15) is 12.1 Å². The third-order valence-corrected chi connectivity index (χ3v) is 5.60. The van der Waals surface area contributed by atoms with Crippen molar-refractivity contribution in [2.24, 2.45) is 5.92 Å². The van der Waals surface area contributed by atoms with Gasteiger partial charge in [0.25, 0.3) is 0 Å². The molecule has 4 rings (SSSR count). The molecule has 1 aliphatic heterocycles. The number of carboxylic acids is 2. The lowest BCUT2D eigenvalue weighted by Gasteiger charge is -2.14. The maximum absolute atomic E-state index is 12.4. The number of carboxylic acid groups (broad SMARTS) is 2. The zero-order valence-electron chi connectivity index (χ0n) is 17.8. The molecule has 2 fully saturated rings. The van der Waals surface area contributed by atoms with E-state index in [1.165, 1.54) is 32.3 Å². The summed E-state index contributed by atoms with van der Waals surface area (Å²) in [5, 5.41) is 23.9. The highest BCUT2D eigenvalue weighted by molar-refractivity contribution is 5.99. The Morgan fingerprint density at radius 1 is 1.00 bits per heavy atom. The lowest BCUT2D eigenvalue weighted by Crippen LogP contribution is -2.24. The second kappa shape index (κ2) is 11.3. The first kappa shape index (κ1) is 23.3. The summed E-state index contributed by atoms with van der Waals surface area (Å²) in [4.78, 5) is 42.6. The molecule has 3 N–H and O–H groups in total. The molecule has 1 aliphatic carbocycles. The summed E-state index contributed by atoms with van der Waals surface area (Å²) in [7, 11) is 0. The number of aromatic nitrogens is 4. The number of likely N-dealkylation sites (tertiary alicyclic amines) is 1. The topological polar surface area (TPSA) is 151 Å². The van der Waals surface area contributed by atoms with Crippen LogP contribution in [0.5, 0.6) is 0 Å². The van der Waals surface area contributed by atoms with Crippen LogP contribution in [0.15, 0.2) is 24.7 Å². The van der Waals surface area contributed by atoms with Crippen LogP contribution in [-0.2, 0) is 20.9 Å². The first-order chi connectivity index (χ1) is 15.4. The molecule has 11 nitrogen and oxygen atoms in total. The zero-order valence-corrected chi connectivity index (χ0v) is 17.8. The molecular weight excluding hydrogens is 416 g/mol. The molecule has 2 aliphatic rings. The van der Waals surface area contributed by atoms with E-state index >= 15 is 0 Å². The van der Waals surface area contributed by atoms with E-state index in [9.17, 15) is 14.4 Å². The van der Waals surface area contributed by atoms with Crippen molar-refractivity contribution in [1.29, 1.82) is 0 Å². The Bertz CT molecular complexity index is 960. The third-order valence-electron chi connectivity index (χ3n) is 5.60. The minimum Gasteiger partial charge on any atom is -0.478 e. The van der Waals surface area contributed by atoms with E-state index in [1.807, 2.05) is 4.68 Å². The van der Waals surface area contributed by atoms with E-state index in [-0.39, 0.29) is 11.8 Å². The number of hydrogen-bond donors (Lipinski definition) is 3. The largest absolute Gasteiger partial charge is 0.478 e.